The average Bonchev–Trinajstić information content (AvgIpc) is 2.51. The molecular weight excluding hydrogens is 297 g/mol. The van der Waals surface area contributed by atoms with Gasteiger partial charge in [0, 0.05) is 0 Å². The van der Waals surface area contributed by atoms with Crippen molar-refractivity contribution in [3.8, 4) is 11.5 Å². The number of hydrogen-bond donors (Lipinski definition) is 0. The molecule has 0 atom stereocenters. The SMILES string of the molecule is O=Cc1cccc(OCC(F)(F)F)c1OCc1ccccc1. The van der Waals surface area contributed by atoms with Crippen LogP contribution in [0.3, 0.4) is 0 Å². The lowest BCUT2D eigenvalue weighted by Gasteiger charge is -2.15. The summed E-state index contributed by atoms with van der Waals surface area (Å²) >= 11 is 0. The van der Waals surface area contributed by atoms with Crippen molar-refractivity contribution >= 4 is 6.29 Å². The Hall–Kier alpha value is -2.50. The molecule has 6 heteroatoms. The predicted molar refractivity (Wildman–Crippen MR) is 74.2 cm³/mol. The highest BCUT2D eigenvalue weighted by molar-refractivity contribution is 5.81. The van der Waals surface area contributed by atoms with E-state index in [4.69, 9.17) is 9.47 Å². The maximum Gasteiger partial charge on any atom is 0.422 e. The lowest BCUT2D eigenvalue weighted by Crippen LogP contribution is -2.19. The summed E-state index contributed by atoms with van der Waals surface area (Å²) in [6.07, 6.45) is -3.95. The second-order valence-corrected chi connectivity index (χ2v) is 4.47. The molecule has 0 N–H and O–H groups in total. The van der Waals surface area contributed by atoms with E-state index in [9.17, 15) is 18.0 Å². The van der Waals surface area contributed by atoms with E-state index in [0.717, 1.165) is 5.56 Å². The van der Waals surface area contributed by atoms with Crippen molar-refractivity contribution in [2.24, 2.45) is 0 Å². The number of alkyl halides is 3. The molecule has 0 aromatic heterocycles. The Morgan fingerprint density at radius 1 is 0.955 bits per heavy atom. The molecule has 0 spiro atoms. The number of aldehydes is 1. The molecule has 0 heterocycles. The Morgan fingerprint density at radius 3 is 2.32 bits per heavy atom. The number of carbonyl (C=O) groups is 1. The van der Waals surface area contributed by atoms with Gasteiger partial charge in [0.15, 0.2) is 24.4 Å². The monoisotopic (exact) mass is 310 g/mol. The zero-order valence-electron chi connectivity index (χ0n) is 11.5. The van der Waals surface area contributed by atoms with Crippen LogP contribution in [0.1, 0.15) is 15.9 Å². The van der Waals surface area contributed by atoms with Gasteiger partial charge in [0.1, 0.15) is 6.61 Å². The number of carbonyl (C=O) groups excluding carboxylic acids is 1. The highest BCUT2D eigenvalue weighted by Gasteiger charge is 2.29. The summed E-state index contributed by atoms with van der Waals surface area (Å²) in [4.78, 5) is 11.0. The van der Waals surface area contributed by atoms with E-state index >= 15 is 0 Å². The average molecular weight is 310 g/mol. The van der Waals surface area contributed by atoms with Gasteiger partial charge in [-0.25, -0.2) is 0 Å². The molecule has 0 radical (unpaired) electrons. The van der Waals surface area contributed by atoms with Gasteiger partial charge >= 0.3 is 6.18 Å². The van der Waals surface area contributed by atoms with E-state index in [1.54, 1.807) is 12.1 Å². The van der Waals surface area contributed by atoms with E-state index in [-0.39, 0.29) is 23.7 Å². The minimum atomic E-state index is -4.46. The fourth-order valence-electron chi connectivity index (χ4n) is 1.78. The Bertz CT molecular complexity index is 624. The van der Waals surface area contributed by atoms with Crippen LogP contribution in [-0.4, -0.2) is 19.1 Å². The quantitative estimate of drug-likeness (QED) is 0.756. The van der Waals surface area contributed by atoms with Crippen LogP contribution in [0.15, 0.2) is 48.5 Å². The van der Waals surface area contributed by atoms with E-state index in [2.05, 4.69) is 0 Å². The maximum absolute atomic E-state index is 12.3. The lowest BCUT2D eigenvalue weighted by molar-refractivity contribution is -0.153. The first kappa shape index (κ1) is 15.9. The molecule has 22 heavy (non-hydrogen) atoms. The van der Waals surface area contributed by atoms with Crippen LogP contribution in [0.4, 0.5) is 13.2 Å². The first-order valence-electron chi connectivity index (χ1n) is 6.44. The first-order valence-corrected chi connectivity index (χ1v) is 6.44. The van der Waals surface area contributed by atoms with Crippen molar-refractivity contribution in [3.63, 3.8) is 0 Å². The Balaban J connectivity index is 2.18. The number of benzene rings is 2. The third-order valence-electron chi connectivity index (χ3n) is 2.75. The van der Waals surface area contributed by atoms with Crippen molar-refractivity contribution < 1.29 is 27.4 Å². The molecular formula is C16H13F3O3. The minimum Gasteiger partial charge on any atom is -0.484 e. The zero-order valence-corrected chi connectivity index (χ0v) is 11.5. The van der Waals surface area contributed by atoms with Gasteiger partial charge < -0.3 is 9.47 Å². The highest BCUT2D eigenvalue weighted by Crippen LogP contribution is 2.32. The third kappa shape index (κ3) is 4.51. The van der Waals surface area contributed by atoms with Gasteiger partial charge in [0.25, 0.3) is 0 Å². The van der Waals surface area contributed by atoms with E-state index in [1.807, 2.05) is 18.2 Å². The van der Waals surface area contributed by atoms with E-state index in [1.165, 1.54) is 18.2 Å². The van der Waals surface area contributed by atoms with Gasteiger partial charge in [-0.2, -0.15) is 13.2 Å². The summed E-state index contributed by atoms with van der Waals surface area (Å²) in [7, 11) is 0. The van der Waals surface area contributed by atoms with Gasteiger partial charge in [-0.3, -0.25) is 4.79 Å². The van der Waals surface area contributed by atoms with Gasteiger partial charge in [0.2, 0.25) is 0 Å². The molecule has 2 aromatic rings. The fourth-order valence-corrected chi connectivity index (χ4v) is 1.78. The van der Waals surface area contributed by atoms with Crippen LogP contribution < -0.4 is 9.47 Å². The minimum absolute atomic E-state index is 0.00519. The predicted octanol–water partition coefficient (Wildman–Crippen LogP) is 4.02. The van der Waals surface area contributed by atoms with Crippen molar-refractivity contribution in [2.75, 3.05) is 6.61 Å². The van der Waals surface area contributed by atoms with Crippen molar-refractivity contribution in [1.29, 1.82) is 0 Å². The van der Waals surface area contributed by atoms with E-state index in [0.29, 0.717) is 6.29 Å². The zero-order chi connectivity index (χ0) is 16.0. The van der Waals surface area contributed by atoms with Gasteiger partial charge in [-0.15, -0.1) is 0 Å². The topological polar surface area (TPSA) is 35.5 Å². The Morgan fingerprint density at radius 2 is 1.68 bits per heavy atom. The van der Waals surface area contributed by atoms with Crippen molar-refractivity contribution in [1.82, 2.24) is 0 Å². The van der Waals surface area contributed by atoms with Gasteiger partial charge in [0.05, 0.1) is 5.56 Å². The van der Waals surface area contributed by atoms with E-state index < -0.39 is 12.8 Å². The maximum atomic E-state index is 12.3. The molecule has 116 valence electrons. The summed E-state index contributed by atoms with van der Waals surface area (Å²) in [5.74, 6) is -0.108. The Kier molecular flexibility index (Phi) is 5.04. The summed E-state index contributed by atoms with van der Waals surface area (Å²) in [5, 5.41) is 0. The second kappa shape index (κ2) is 6.98. The van der Waals surface area contributed by atoms with Crippen LogP contribution in [0, 0.1) is 0 Å². The molecule has 0 unspecified atom stereocenters. The number of para-hydroxylation sites is 1. The molecule has 3 nitrogen and oxygen atoms in total. The van der Waals surface area contributed by atoms with Crippen molar-refractivity contribution in [3.05, 3.63) is 59.7 Å². The smallest absolute Gasteiger partial charge is 0.422 e. The molecule has 0 aliphatic heterocycles. The molecule has 0 amide bonds. The normalized spacial score (nSPS) is 11.0. The molecule has 0 bridgehead atoms. The van der Waals surface area contributed by atoms with Crippen LogP contribution in [0.5, 0.6) is 11.5 Å². The van der Waals surface area contributed by atoms with Crippen LogP contribution >= 0.6 is 0 Å². The standard InChI is InChI=1S/C16H13F3O3/c17-16(18,19)11-22-14-8-4-7-13(9-20)15(14)21-10-12-5-2-1-3-6-12/h1-9H,10-11H2. The Labute approximate surface area is 125 Å². The summed E-state index contributed by atoms with van der Waals surface area (Å²) in [6, 6.07) is 13.3. The molecule has 0 aliphatic carbocycles. The summed E-state index contributed by atoms with van der Waals surface area (Å²) in [6.45, 7) is -1.33. The van der Waals surface area contributed by atoms with Gasteiger partial charge in [-0.1, -0.05) is 36.4 Å². The van der Waals surface area contributed by atoms with Crippen molar-refractivity contribution in [2.45, 2.75) is 12.8 Å². The molecule has 0 saturated heterocycles. The molecule has 2 rings (SSSR count). The third-order valence-corrected chi connectivity index (χ3v) is 2.75. The first-order chi connectivity index (χ1) is 10.5. The van der Waals surface area contributed by atoms with Crippen LogP contribution in [-0.2, 0) is 6.61 Å². The fraction of sp³-hybridized carbons (Fsp3) is 0.188. The van der Waals surface area contributed by atoms with Crippen LogP contribution in [0.2, 0.25) is 0 Å². The number of ether oxygens (including phenoxy) is 2. The molecule has 0 aliphatic rings. The van der Waals surface area contributed by atoms with Gasteiger partial charge in [-0.05, 0) is 17.7 Å². The lowest BCUT2D eigenvalue weighted by atomic mass is 10.2. The largest absolute Gasteiger partial charge is 0.484 e. The number of rotatable bonds is 6. The molecule has 0 saturated carbocycles. The number of hydrogen-bond acceptors (Lipinski definition) is 3. The summed E-state index contributed by atoms with van der Waals surface area (Å²) < 4.78 is 47.0. The number of halogens is 3. The second-order valence-electron chi connectivity index (χ2n) is 4.47. The summed E-state index contributed by atoms with van der Waals surface area (Å²) in [5.41, 5.74) is 0.959. The molecule has 2 aromatic carbocycles. The molecule has 0 fully saturated rings. The highest BCUT2D eigenvalue weighted by atomic mass is 19.4. The van der Waals surface area contributed by atoms with Crippen LogP contribution in [0.25, 0.3) is 0 Å².